The van der Waals surface area contributed by atoms with E-state index in [-0.39, 0.29) is 23.2 Å². The monoisotopic (exact) mass is 605 g/mol. The summed E-state index contributed by atoms with van der Waals surface area (Å²) in [4.78, 5) is 42.9. The number of hydrogen-bond donors (Lipinski definition) is 3. The van der Waals surface area contributed by atoms with Crippen molar-refractivity contribution in [2.75, 3.05) is 11.1 Å². The number of anilines is 2. The van der Waals surface area contributed by atoms with Crippen molar-refractivity contribution < 1.29 is 19.1 Å². The summed E-state index contributed by atoms with van der Waals surface area (Å²) < 4.78 is 8.17. The molecule has 0 bridgehead atoms. The van der Waals surface area contributed by atoms with Crippen molar-refractivity contribution in [3.8, 4) is 0 Å². The number of aromatic nitrogens is 2. The lowest BCUT2D eigenvalue weighted by molar-refractivity contribution is -0.118. The summed E-state index contributed by atoms with van der Waals surface area (Å²) >= 11 is 0. The molecule has 43 heavy (non-hydrogen) atoms. The van der Waals surface area contributed by atoms with Gasteiger partial charge in [0.05, 0.1) is 23.5 Å². The second-order valence-corrected chi connectivity index (χ2v) is 17.6. The maximum Gasteiger partial charge on any atom is 0.407 e. The highest BCUT2D eigenvalue weighted by atomic mass is 28.4. The lowest BCUT2D eigenvalue weighted by Crippen LogP contribution is -2.49. The Bertz CT molecular complexity index is 1500. The molecule has 0 spiro atoms. The van der Waals surface area contributed by atoms with Crippen molar-refractivity contribution in [2.24, 2.45) is 0 Å². The number of nitrogen functional groups attached to an aromatic ring is 1. The molecule has 1 saturated heterocycles. The molecule has 11 heteroatoms. The zero-order valence-electron chi connectivity index (χ0n) is 25.8. The van der Waals surface area contributed by atoms with Gasteiger partial charge in [-0.05, 0) is 73.6 Å². The minimum absolute atomic E-state index is 0.0352. The minimum atomic E-state index is -2.23. The lowest BCUT2D eigenvalue weighted by Gasteiger charge is -2.42. The van der Waals surface area contributed by atoms with Gasteiger partial charge >= 0.3 is 11.8 Å². The molecule has 4 atom stereocenters. The smallest absolute Gasteiger partial charge is 0.407 e. The predicted molar refractivity (Wildman–Crippen MR) is 171 cm³/mol. The highest BCUT2D eigenvalue weighted by Gasteiger charge is 2.46. The molecule has 0 aliphatic carbocycles. The van der Waals surface area contributed by atoms with Crippen LogP contribution in [0.1, 0.15) is 63.8 Å². The molecule has 230 valence electrons. The Hall–Kier alpha value is -3.96. The number of likely N-dealkylation sites (tertiary alicyclic amines) is 1. The van der Waals surface area contributed by atoms with Crippen LogP contribution in [0.2, 0.25) is 18.1 Å². The number of nitrogens with zero attached hydrogens (tertiary/aromatic N) is 3. The average molecular weight is 606 g/mol. The van der Waals surface area contributed by atoms with E-state index in [1.807, 2.05) is 36.4 Å². The van der Waals surface area contributed by atoms with E-state index in [9.17, 15) is 19.5 Å². The van der Waals surface area contributed by atoms with Gasteiger partial charge in [0.2, 0.25) is 5.91 Å². The van der Waals surface area contributed by atoms with E-state index >= 15 is 0 Å². The van der Waals surface area contributed by atoms with Crippen molar-refractivity contribution in [1.82, 2.24) is 14.5 Å². The van der Waals surface area contributed by atoms with Gasteiger partial charge in [0.15, 0.2) is 8.32 Å². The van der Waals surface area contributed by atoms with E-state index in [1.165, 1.54) is 17.0 Å². The largest absolute Gasteiger partial charge is 0.465 e. The molecule has 1 unspecified atom stereocenters. The molecule has 1 fully saturated rings. The average Bonchev–Trinajstić information content (AvgIpc) is 3.36. The molecule has 10 nitrogen and oxygen atoms in total. The molecule has 0 radical (unpaired) electrons. The topological polar surface area (TPSA) is 140 Å². The highest BCUT2D eigenvalue weighted by molar-refractivity contribution is 6.74. The zero-order chi connectivity index (χ0) is 31.5. The summed E-state index contributed by atoms with van der Waals surface area (Å²) in [7, 11) is -2.23. The summed E-state index contributed by atoms with van der Waals surface area (Å²) in [5.41, 5.74) is 8.44. The van der Waals surface area contributed by atoms with E-state index in [4.69, 9.17) is 10.2 Å². The lowest BCUT2D eigenvalue weighted by atomic mass is 10.0. The first kappa shape index (κ1) is 32.0. The molecule has 1 aliphatic heterocycles. The summed E-state index contributed by atoms with van der Waals surface area (Å²) in [5.74, 6) is -0.404. The van der Waals surface area contributed by atoms with Crippen molar-refractivity contribution in [2.45, 2.75) is 89.3 Å². The second kappa shape index (κ2) is 12.7. The number of nitrogens with two attached hydrogens (primary N) is 1. The first-order chi connectivity index (χ1) is 20.2. The van der Waals surface area contributed by atoms with E-state index in [2.05, 4.69) is 44.2 Å². The van der Waals surface area contributed by atoms with Crippen molar-refractivity contribution in [1.29, 1.82) is 0 Å². The van der Waals surface area contributed by atoms with E-state index in [0.717, 1.165) is 11.1 Å². The van der Waals surface area contributed by atoms with Gasteiger partial charge in [0, 0.05) is 18.4 Å². The van der Waals surface area contributed by atoms with Gasteiger partial charge in [-0.25, -0.2) is 14.6 Å². The Balaban J connectivity index is 1.53. The number of nitrogens with one attached hydrogen (secondary N) is 1. The number of carboxylic acid groups (broad SMARTS) is 1. The molecule has 2 amide bonds. The molecule has 2 heterocycles. The van der Waals surface area contributed by atoms with Crippen LogP contribution in [0.15, 0.2) is 71.8 Å². The quantitative estimate of drug-likeness (QED) is 0.206. The third kappa shape index (κ3) is 7.16. The fourth-order valence-electron chi connectivity index (χ4n) is 5.37. The van der Waals surface area contributed by atoms with Crippen LogP contribution in [0.4, 0.5) is 16.2 Å². The number of carbonyl (C=O) groups is 2. The van der Waals surface area contributed by atoms with Gasteiger partial charge in [-0.2, -0.15) is 0 Å². The first-order valence-corrected chi connectivity index (χ1v) is 17.6. The minimum Gasteiger partial charge on any atom is -0.465 e. The molecule has 4 rings (SSSR count). The third-order valence-corrected chi connectivity index (χ3v) is 13.3. The zero-order valence-corrected chi connectivity index (χ0v) is 26.8. The fraction of sp³-hybridized carbons (Fsp3) is 0.438. The predicted octanol–water partition coefficient (Wildman–Crippen LogP) is 5.84. The van der Waals surface area contributed by atoms with Crippen LogP contribution in [0.25, 0.3) is 0 Å². The molecule has 3 aromatic rings. The Morgan fingerprint density at radius 2 is 1.84 bits per heavy atom. The van der Waals surface area contributed by atoms with Crippen molar-refractivity contribution in [3.63, 3.8) is 0 Å². The maximum atomic E-state index is 12.8. The summed E-state index contributed by atoms with van der Waals surface area (Å²) in [6, 6.07) is 15.5. The fourth-order valence-corrected chi connectivity index (χ4v) is 6.65. The molecule has 4 N–H and O–H groups in total. The van der Waals surface area contributed by atoms with Crippen LogP contribution in [-0.4, -0.2) is 52.0 Å². The Morgan fingerprint density at radius 1 is 1.14 bits per heavy atom. The van der Waals surface area contributed by atoms with E-state index < -0.39 is 32.0 Å². The molecular formula is C32H43N5O5Si. The number of amides is 2. The SMILES string of the molecule is C[C@@H](C(=O)Nc1ccc(C[C@@H]2CC[C@H](C(O[Si](C)(C)C(C)(C)C)c3ccccc3)N2C(=O)O)cc1N)n1cccnc1=O. The standard InChI is InChI=1S/C32H43N5O5Si/c1-21(36-18-10-17-34-30(36)39)29(38)35-26-15-13-22(20-25(26)33)19-24-14-16-27(37(24)31(40)41)28(23-11-8-7-9-12-23)42-43(5,6)32(2,3)4/h7-13,15,17-18,20-21,24,27-28H,14,16,19,33H2,1-6H3,(H,35,38)(H,40,41)/t21-,24-,27+,28?/m0/s1. The molecule has 0 saturated carbocycles. The summed E-state index contributed by atoms with van der Waals surface area (Å²) in [6.45, 7) is 12.5. The van der Waals surface area contributed by atoms with Gasteiger partial charge in [0.25, 0.3) is 0 Å². The Labute approximate surface area is 254 Å². The maximum absolute atomic E-state index is 12.8. The third-order valence-electron chi connectivity index (χ3n) is 8.85. The Morgan fingerprint density at radius 3 is 2.44 bits per heavy atom. The van der Waals surface area contributed by atoms with Crippen LogP contribution in [0, 0.1) is 0 Å². The van der Waals surface area contributed by atoms with Gasteiger partial charge < -0.3 is 20.6 Å². The Kier molecular flexibility index (Phi) is 9.46. The summed E-state index contributed by atoms with van der Waals surface area (Å²) in [5, 5.41) is 13.2. The summed E-state index contributed by atoms with van der Waals surface area (Å²) in [6.07, 6.45) is 3.39. The van der Waals surface area contributed by atoms with E-state index in [1.54, 1.807) is 30.0 Å². The number of carbonyl (C=O) groups excluding carboxylic acids is 1. The van der Waals surface area contributed by atoms with Crippen molar-refractivity contribution >= 4 is 31.7 Å². The van der Waals surface area contributed by atoms with Crippen LogP contribution in [0.5, 0.6) is 0 Å². The van der Waals surface area contributed by atoms with Gasteiger partial charge in [0.1, 0.15) is 6.04 Å². The molecular weight excluding hydrogens is 562 g/mol. The number of hydrogen-bond acceptors (Lipinski definition) is 6. The normalized spacial score (nSPS) is 18.7. The van der Waals surface area contributed by atoms with E-state index in [0.29, 0.717) is 30.6 Å². The molecule has 1 aliphatic rings. The molecule has 2 aromatic carbocycles. The van der Waals surface area contributed by atoms with Crippen LogP contribution >= 0.6 is 0 Å². The van der Waals surface area contributed by atoms with Crippen LogP contribution < -0.4 is 16.7 Å². The second-order valence-electron chi connectivity index (χ2n) is 12.8. The van der Waals surface area contributed by atoms with Crippen molar-refractivity contribution in [3.05, 3.63) is 88.6 Å². The first-order valence-electron chi connectivity index (χ1n) is 14.7. The van der Waals surface area contributed by atoms with Gasteiger partial charge in [-0.3, -0.25) is 14.3 Å². The highest BCUT2D eigenvalue weighted by Crippen LogP contribution is 2.44. The number of rotatable bonds is 9. The van der Waals surface area contributed by atoms with Crippen LogP contribution in [-0.2, 0) is 15.6 Å². The molecule has 1 aromatic heterocycles. The van der Waals surface area contributed by atoms with Crippen LogP contribution in [0.3, 0.4) is 0 Å². The number of benzene rings is 2. The van der Waals surface area contributed by atoms with Gasteiger partial charge in [-0.15, -0.1) is 0 Å². The van der Waals surface area contributed by atoms with Gasteiger partial charge in [-0.1, -0.05) is 57.2 Å².